The van der Waals surface area contributed by atoms with Crippen LogP contribution in [0.2, 0.25) is 0 Å². The smallest absolute Gasteiger partial charge is 0.327 e. The van der Waals surface area contributed by atoms with Crippen LogP contribution in [0.5, 0.6) is 0 Å². The van der Waals surface area contributed by atoms with Gasteiger partial charge in [-0.25, -0.2) is 4.79 Å². The number of esters is 1. The highest BCUT2D eigenvalue weighted by atomic mass is 35.5. The van der Waals surface area contributed by atoms with Gasteiger partial charge in [0.2, 0.25) is 0 Å². The first-order valence-electron chi connectivity index (χ1n) is 7.51. The highest BCUT2D eigenvalue weighted by molar-refractivity contribution is 7.10. The van der Waals surface area contributed by atoms with Gasteiger partial charge in [0, 0.05) is 23.0 Å². The van der Waals surface area contributed by atoms with Crippen molar-refractivity contribution in [2.24, 2.45) is 0 Å². The number of carbonyl (C=O) groups is 1. The molecule has 1 aliphatic heterocycles. The molecule has 5 heteroatoms. The molecule has 1 atom stereocenters. The second kappa shape index (κ2) is 7.95. The number of nitrogens with zero attached hydrogens (tertiary/aromatic N) is 1. The summed E-state index contributed by atoms with van der Waals surface area (Å²) in [6.07, 6.45) is 5.64. The lowest BCUT2D eigenvalue weighted by Gasteiger charge is -2.34. The maximum absolute atomic E-state index is 12.4. The van der Waals surface area contributed by atoms with Crippen LogP contribution in [0.15, 0.2) is 34.2 Å². The molecule has 0 fully saturated rings. The zero-order valence-corrected chi connectivity index (χ0v) is 14.8. The third-order valence-corrected chi connectivity index (χ3v) is 5.33. The number of ether oxygens (including phenoxy) is 1. The number of halogens is 1. The van der Waals surface area contributed by atoms with Gasteiger partial charge >= 0.3 is 5.97 Å². The van der Waals surface area contributed by atoms with Crippen molar-refractivity contribution in [1.29, 1.82) is 0 Å². The molecule has 0 saturated heterocycles. The van der Waals surface area contributed by atoms with Gasteiger partial charge in [0.05, 0.1) is 7.11 Å². The summed E-state index contributed by atoms with van der Waals surface area (Å²) < 4.78 is 5.05. The summed E-state index contributed by atoms with van der Waals surface area (Å²) >= 11 is 8.15. The number of hydrogen-bond acceptors (Lipinski definition) is 4. The SMILES string of the molecule is C/C=C(Cl)\C(=C/CC)C(C(=O)OC)N1CCc2sccc2C1. The number of thiophene rings is 1. The molecule has 120 valence electrons. The Kier molecular flexibility index (Phi) is 6.24. The van der Waals surface area contributed by atoms with Gasteiger partial charge in [0.1, 0.15) is 6.04 Å². The molecule has 1 aromatic rings. The lowest BCUT2D eigenvalue weighted by molar-refractivity contribution is -0.145. The first kappa shape index (κ1) is 17.3. The van der Waals surface area contributed by atoms with Crippen LogP contribution in [0.1, 0.15) is 30.7 Å². The second-order valence-corrected chi connectivity index (χ2v) is 6.63. The fourth-order valence-electron chi connectivity index (χ4n) is 2.80. The number of methoxy groups -OCH3 is 1. The second-order valence-electron chi connectivity index (χ2n) is 5.22. The number of hydrogen-bond donors (Lipinski definition) is 0. The first-order valence-corrected chi connectivity index (χ1v) is 8.77. The van der Waals surface area contributed by atoms with E-state index in [4.69, 9.17) is 16.3 Å². The quantitative estimate of drug-likeness (QED) is 0.596. The number of fused-ring (bicyclic) bond motifs is 1. The molecule has 1 aromatic heterocycles. The normalized spacial score (nSPS) is 18.0. The Morgan fingerprint density at radius 3 is 3.00 bits per heavy atom. The molecule has 0 aliphatic carbocycles. The van der Waals surface area contributed by atoms with Gasteiger partial charge in [0.25, 0.3) is 0 Å². The lowest BCUT2D eigenvalue weighted by Crippen LogP contribution is -2.45. The largest absolute Gasteiger partial charge is 0.468 e. The van der Waals surface area contributed by atoms with E-state index in [1.807, 2.05) is 26.0 Å². The van der Waals surface area contributed by atoms with E-state index in [2.05, 4.69) is 16.3 Å². The number of allylic oxidation sites excluding steroid dienone is 2. The Balaban J connectivity index is 2.34. The van der Waals surface area contributed by atoms with Crippen molar-refractivity contribution in [3.8, 4) is 0 Å². The Hall–Kier alpha value is -1.10. The van der Waals surface area contributed by atoms with Crippen LogP contribution in [0.4, 0.5) is 0 Å². The van der Waals surface area contributed by atoms with E-state index in [-0.39, 0.29) is 5.97 Å². The Morgan fingerprint density at radius 1 is 1.59 bits per heavy atom. The molecule has 22 heavy (non-hydrogen) atoms. The molecule has 0 saturated carbocycles. The average Bonchev–Trinajstić information content (AvgIpc) is 3.01. The molecule has 1 aliphatic rings. The van der Waals surface area contributed by atoms with Crippen LogP contribution in [-0.4, -0.2) is 30.6 Å². The minimum atomic E-state index is -0.443. The fourth-order valence-corrected chi connectivity index (χ4v) is 3.87. The highest BCUT2D eigenvalue weighted by Crippen LogP contribution is 2.30. The van der Waals surface area contributed by atoms with Crippen molar-refractivity contribution in [3.63, 3.8) is 0 Å². The molecule has 0 aromatic carbocycles. The first-order chi connectivity index (χ1) is 10.6. The van der Waals surface area contributed by atoms with Crippen molar-refractivity contribution < 1.29 is 9.53 Å². The molecular weight excluding hydrogens is 318 g/mol. The number of carbonyl (C=O) groups excluding carboxylic acids is 1. The molecule has 0 spiro atoms. The van der Waals surface area contributed by atoms with Crippen LogP contribution >= 0.6 is 22.9 Å². The predicted octanol–water partition coefficient (Wildman–Crippen LogP) is 4.13. The Morgan fingerprint density at radius 2 is 2.36 bits per heavy atom. The van der Waals surface area contributed by atoms with Gasteiger partial charge in [-0.2, -0.15) is 0 Å². The Bertz CT molecular complexity index is 591. The van der Waals surface area contributed by atoms with Crippen LogP contribution in [-0.2, 0) is 22.5 Å². The van der Waals surface area contributed by atoms with Crippen molar-refractivity contribution in [2.45, 2.75) is 39.3 Å². The molecule has 0 bridgehead atoms. The predicted molar refractivity (Wildman–Crippen MR) is 92.2 cm³/mol. The summed E-state index contributed by atoms with van der Waals surface area (Å²) in [6.45, 7) is 5.52. The molecular formula is C17H22ClNO2S. The van der Waals surface area contributed by atoms with E-state index in [0.29, 0.717) is 5.03 Å². The van der Waals surface area contributed by atoms with E-state index in [1.54, 1.807) is 11.3 Å². The van der Waals surface area contributed by atoms with E-state index in [0.717, 1.165) is 31.5 Å². The monoisotopic (exact) mass is 339 g/mol. The summed E-state index contributed by atoms with van der Waals surface area (Å²) in [5, 5.41) is 2.73. The maximum atomic E-state index is 12.4. The van der Waals surface area contributed by atoms with E-state index in [9.17, 15) is 4.79 Å². The zero-order chi connectivity index (χ0) is 16.1. The average molecular weight is 340 g/mol. The van der Waals surface area contributed by atoms with Crippen LogP contribution in [0.25, 0.3) is 0 Å². The van der Waals surface area contributed by atoms with E-state index >= 15 is 0 Å². The van der Waals surface area contributed by atoms with Gasteiger partial charge in [0.15, 0.2) is 0 Å². The van der Waals surface area contributed by atoms with Gasteiger partial charge in [-0.15, -0.1) is 11.3 Å². The zero-order valence-electron chi connectivity index (χ0n) is 13.3. The van der Waals surface area contributed by atoms with Gasteiger partial charge in [-0.1, -0.05) is 30.7 Å². The third kappa shape index (κ3) is 3.62. The van der Waals surface area contributed by atoms with Crippen molar-refractivity contribution in [3.05, 3.63) is 44.6 Å². The summed E-state index contributed by atoms with van der Waals surface area (Å²) in [6, 6.07) is 1.70. The summed E-state index contributed by atoms with van der Waals surface area (Å²) in [7, 11) is 1.43. The van der Waals surface area contributed by atoms with Gasteiger partial charge in [-0.3, -0.25) is 4.90 Å². The fraction of sp³-hybridized carbons (Fsp3) is 0.471. The minimum Gasteiger partial charge on any atom is -0.468 e. The molecule has 2 heterocycles. The van der Waals surface area contributed by atoms with Crippen molar-refractivity contribution in [2.75, 3.05) is 13.7 Å². The molecule has 2 rings (SSSR count). The minimum absolute atomic E-state index is 0.252. The number of rotatable bonds is 5. The summed E-state index contributed by atoms with van der Waals surface area (Å²) in [4.78, 5) is 16.0. The highest BCUT2D eigenvalue weighted by Gasteiger charge is 2.33. The molecule has 0 N–H and O–H groups in total. The standard InChI is InChI=1S/C17H22ClNO2S/c1-4-6-13(14(18)5-2)16(17(20)21-3)19-9-7-15-12(11-19)8-10-22-15/h5-6,8,10,16H,4,7,9,11H2,1-3H3/b13-6+,14-5+. The summed E-state index contributed by atoms with van der Waals surface area (Å²) in [5.41, 5.74) is 2.15. The van der Waals surface area contributed by atoms with Crippen LogP contribution in [0.3, 0.4) is 0 Å². The third-order valence-electron chi connectivity index (χ3n) is 3.87. The van der Waals surface area contributed by atoms with Gasteiger partial charge < -0.3 is 4.74 Å². The van der Waals surface area contributed by atoms with Crippen molar-refractivity contribution in [1.82, 2.24) is 4.90 Å². The van der Waals surface area contributed by atoms with E-state index < -0.39 is 6.04 Å². The van der Waals surface area contributed by atoms with Crippen LogP contribution < -0.4 is 0 Å². The molecule has 0 radical (unpaired) electrons. The van der Waals surface area contributed by atoms with Gasteiger partial charge in [-0.05, 0) is 42.3 Å². The molecule has 3 nitrogen and oxygen atoms in total. The lowest BCUT2D eigenvalue weighted by atomic mass is 9.99. The van der Waals surface area contributed by atoms with Crippen molar-refractivity contribution >= 4 is 28.9 Å². The van der Waals surface area contributed by atoms with E-state index in [1.165, 1.54) is 17.6 Å². The summed E-state index contributed by atoms with van der Waals surface area (Å²) in [5.74, 6) is -0.252. The maximum Gasteiger partial charge on any atom is 0.327 e. The Labute approximate surface area is 141 Å². The van der Waals surface area contributed by atoms with Crippen LogP contribution in [0, 0.1) is 0 Å². The topological polar surface area (TPSA) is 29.5 Å². The molecule has 0 amide bonds. The molecule has 1 unspecified atom stereocenters.